The van der Waals surface area contributed by atoms with Gasteiger partial charge in [-0.15, -0.1) is 0 Å². The minimum absolute atomic E-state index is 0.00830. The largest absolute Gasteiger partial charge is 0.481 e. The first kappa shape index (κ1) is 15.1. The molecule has 20 heavy (non-hydrogen) atoms. The van der Waals surface area contributed by atoms with E-state index in [1.165, 1.54) is 6.42 Å². The summed E-state index contributed by atoms with van der Waals surface area (Å²) in [5.41, 5.74) is 0. The van der Waals surface area contributed by atoms with Gasteiger partial charge >= 0.3 is 12.0 Å². The summed E-state index contributed by atoms with van der Waals surface area (Å²) in [4.78, 5) is 27.4. The molecule has 2 rings (SSSR count). The number of hydrogen-bond donors (Lipinski definition) is 2. The lowest BCUT2D eigenvalue weighted by Gasteiger charge is -2.27. The molecule has 2 heterocycles. The number of carbonyl (C=O) groups excluding carboxylic acids is 1. The first-order valence-electron chi connectivity index (χ1n) is 7.61. The van der Waals surface area contributed by atoms with E-state index >= 15 is 0 Å². The average Bonchev–Trinajstić information content (AvgIpc) is 2.74. The number of hydrogen-bond acceptors (Lipinski definition) is 3. The molecule has 2 unspecified atom stereocenters. The Bertz CT molecular complexity index is 362. The Labute approximate surface area is 120 Å². The Morgan fingerprint density at radius 3 is 2.75 bits per heavy atom. The first-order chi connectivity index (χ1) is 9.60. The second-order valence-corrected chi connectivity index (χ2v) is 5.78. The summed E-state index contributed by atoms with van der Waals surface area (Å²) in [6.07, 6.45) is 4.01. The van der Waals surface area contributed by atoms with Gasteiger partial charge in [0.2, 0.25) is 0 Å². The molecule has 6 nitrogen and oxygen atoms in total. The molecular formula is C14H25N3O3. The smallest absolute Gasteiger partial charge is 0.317 e. The molecule has 2 saturated heterocycles. The maximum absolute atomic E-state index is 12.3. The molecule has 0 aromatic rings. The average molecular weight is 283 g/mol. The Hall–Kier alpha value is -1.30. The van der Waals surface area contributed by atoms with E-state index in [4.69, 9.17) is 5.11 Å². The highest BCUT2D eigenvalue weighted by Crippen LogP contribution is 2.21. The number of aliphatic carboxylic acids is 1. The summed E-state index contributed by atoms with van der Waals surface area (Å²) in [5, 5.41) is 11.7. The topological polar surface area (TPSA) is 72.9 Å². The summed E-state index contributed by atoms with van der Waals surface area (Å²) >= 11 is 0. The lowest BCUT2D eigenvalue weighted by molar-refractivity contribution is -0.137. The summed E-state index contributed by atoms with van der Waals surface area (Å²) in [6.45, 7) is 5.66. The summed E-state index contributed by atoms with van der Waals surface area (Å²) < 4.78 is 0. The van der Waals surface area contributed by atoms with Gasteiger partial charge < -0.3 is 15.3 Å². The Morgan fingerprint density at radius 1 is 1.30 bits per heavy atom. The molecule has 0 bridgehead atoms. The molecule has 0 saturated carbocycles. The predicted molar refractivity (Wildman–Crippen MR) is 75.6 cm³/mol. The van der Waals surface area contributed by atoms with Crippen LogP contribution in [-0.2, 0) is 4.79 Å². The van der Waals surface area contributed by atoms with Crippen LogP contribution >= 0.6 is 0 Å². The molecular weight excluding hydrogens is 258 g/mol. The van der Waals surface area contributed by atoms with Crippen molar-refractivity contribution in [3.63, 3.8) is 0 Å². The molecule has 0 radical (unpaired) electrons. The van der Waals surface area contributed by atoms with Crippen molar-refractivity contribution in [3.8, 4) is 0 Å². The maximum atomic E-state index is 12.3. The van der Waals surface area contributed by atoms with Gasteiger partial charge in [0.25, 0.3) is 0 Å². The maximum Gasteiger partial charge on any atom is 0.317 e. The molecule has 0 aromatic carbocycles. The third-order valence-corrected chi connectivity index (χ3v) is 4.33. The van der Waals surface area contributed by atoms with Gasteiger partial charge in [0.05, 0.1) is 6.42 Å². The summed E-state index contributed by atoms with van der Waals surface area (Å²) in [5.74, 6) is -0.866. The number of rotatable bonds is 4. The molecule has 2 fully saturated rings. The van der Waals surface area contributed by atoms with Crippen molar-refractivity contribution in [2.45, 2.75) is 51.1 Å². The van der Waals surface area contributed by atoms with Gasteiger partial charge in [-0.25, -0.2) is 4.79 Å². The van der Waals surface area contributed by atoms with Gasteiger partial charge in [-0.05, 0) is 32.2 Å². The Kier molecular flexibility index (Phi) is 5.23. The highest BCUT2D eigenvalue weighted by atomic mass is 16.4. The van der Waals surface area contributed by atoms with Crippen molar-refractivity contribution in [2.75, 3.05) is 26.2 Å². The van der Waals surface area contributed by atoms with Gasteiger partial charge in [0, 0.05) is 31.7 Å². The molecule has 0 aliphatic carbocycles. The van der Waals surface area contributed by atoms with Crippen molar-refractivity contribution < 1.29 is 14.7 Å². The van der Waals surface area contributed by atoms with Crippen LogP contribution < -0.4 is 5.32 Å². The number of fused-ring (bicyclic) bond motifs is 1. The number of urea groups is 1. The monoisotopic (exact) mass is 283 g/mol. The second-order valence-electron chi connectivity index (χ2n) is 5.78. The van der Waals surface area contributed by atoms with Crippen molar-refractivity contribution in [1.29, 1.82) is 0 Å². The molecule has 2 amide bonds. The van der Waals surface area contributed by atoms with E-state index in [1.54, 1.807) is 0 Å². The minimum atomic E-state index is -0.866. The lowest BCUT2D eigenvalue weighted by Crippen LogP contribution is -2.48. The highest BCUT2D eigenvalue weighted by Gasteiger charge is 2.31. The molecule has 2 aliphatic heterocycles. The fourth-order valence-corrected chi connectivity index (χ4v) is 3.17. The Morgan fingerprint density at radius 2 is 2.05 bits per heavy atom. The van der Waals surface area contributed by atoms with Crippen LogP contribution in [-0.4, -0.2) is 65.2 Å². The van der Waals surface area contributed by atoms with Crippen LogP contribution in [0.2, 0.25) is 0 Å². The molecule has 2 N–H and O–H groups in total. The number of nitrogens with zero attached hydrogens (tertiary/aromatic N) is 2. The van der Waals surface area contributed by atoms with Crippen molar-refractivity contribution >= 4 is 12.0 Å². The fourth-order valence-electron chi connectivity index (χ4n) is 3.17. The summed E-state index contributed by atoms with van der Waals surface area (Å²) in [7, 11) is 0. The quantitative estimate of drug-likeness (QED) is 0.811. The van der Waals surface area contributed by atoms with E-state index in [2.05, 4.69) is 10.2 Å². The van der Waals surface area contributed by atoms with Gasteiger partial charge in [-0.3, -0.25) is 9.69 Å². The third kappa shape index (κ3) is 3.85. The summed E-state index contributed by atoms with van der Waals surface area (Å²) in [6, 6.07) is 0.109. The van der Waals surface area contributed by atoms with Crippen LogP contribution in [0, 0.1) is 0 Å². The lowest BCUT2D eigenvalue weighted by atomic mass is 10.1. The van der Waals surface area contributed by atoms with Crippen molar-refractivity contribution in [3.05, 3.63) is 0 Å². The molecule has 2 aliphatic rings. The van der Waals surface area contributed by atoms with E-state index in [1.807, 2.05) is 11.8 Å². The van der Waals surface area contributed by atoms with Crippen LogP contribution in [0.1, 0.15) is 39.0 Å². The zero-order chi connectivity index (χ0) is 14.5. The van der Waals surface area contributed by atoms with Crippen LogP contribution in [0.5, 0.6) is 0 Å². The minimum Gasteiger partial charge on any atom is -0.481 e. The van der Waals surface area contributed by atoms with E-state index in [9.17, 15) is 9.59 Å². The predicted octanol–water partition coefficient (Wildman–Crippen LogP) is 1.12. The highest BCUT2D eigenvalue weighted by molar-refractivity contribution is 5.76. The molecule has 6 heteroatoms. The van der Waals surface area contributed by atoms with Gasteiger partial charge in [-0.1, -0.05) is 6.92 Å². The first-order valence-corrected chi connectivity index (χ1v) is 7.61. The van der Waals surface area contributed by atoms with Crippen LogP contribution in [0.25, 0.3) is 0 Å². The number of carboxylic acids is 1. The van der Waals surface area contributed by atoms with E-state index in [0.29, 0.717) is 12.5 Å². The van der Waals surface area contributed by atoms with Crippen molar-refractivity contribution in [2.24, 2.45) is 0 Å². The fraction of sp³-hybridized carbons (Fsp3) is 0.857. The number of nitrogens with one attached hydrogen (secondary N) is 1. The van der Waals surface area contributed by atoms with Crippen LogP contribution in [0.4, 0.5) is 4.79 Å². The molecule has 0 spiro atoms. The van der Waals surface area contributed by atoms with Crippen molar-refractivity contribution in [1.82, 2.24) is 15.1 Å². The van der Waals surface area contributed by atoms with E-state index < -0.39 is 5.97 Å². The van der Waals surface area contributed by atoms with Gasteiger partial charge in [0.1, 0.15) is 0 Å². The Balaban J connectivity index is 1.88. The van der Waals surface area contributed by atoms with E-state index in [-0.39, 0.29) is 18.5 Å². The normalized spacial score (nSPS) is 24.9. The van der Waals surface area contributed by atoms with Crippen LogP contribution in [0.3, 0.4) is 0 Å². The molecule has 2 atom stereocenters. The van der Waals surface area contributed by atoms with Gasteiger partial charge in [-0.2, -0.15) is 0 Å². The van der Waals surface area contributed by atoms with Gasteiger partial charge in [0.15, 0.2) is 0 Å². The standard InChI is InChI=1S/C14H25N3O3/c1-2-11(9-13(18)19)15-14(20)17-8-4-7-16-6-3-5-12(16)10-17/h11-12H,2-10H2,1H3,(H,15,20)(H,18,19). The number of carboxylic acid groups (broad SMARTS) is 1. The van der Waals surface area contributed by atoms with Crippen LogP contribution in [0.15, 0.2) is 0 Å². The second kappa shape index (κ2) is 6.92. The molecule has 114 valence electrons. The number of carbonyl (C=O) groups is 2. The third-order valence-electron chi connectivity index (χ3n) is 4.33. The zero-order valence-corrected chi connectivity index (χ0v) is 12.2. The molecule has 0 aromatic heterocycles. The number of amides is 2. The zero-order valence-electron chi connectivity index (χ0n) is 12.2. The SMILES string of the molecule is CCC(CC(=O)O)NC(=O)N1CCCN2CCCC2C1. The van der Waals surface area contributed by atoms with E-state index in [0.717, 1.165) is 39.0 Å².